The number of carbonyl (C=O) groups is 2. The normalized spacial score (nSPS) is 10.9. The van der Waals surface area contributed by atoms with Gasteiger partial charge in [0.15, 0.2) is 11.5 Å². The van der Waals surface area contributed by atoms with Crippen LogP contribution in [-0.4, -0.2) is 23.6 Å². The molecule has 0 aliphatic carbocycles. The molecule has 0 atom stereocenters. The van der Waals surface area contributed by atoms with Crippen LogP contribution in [0.2, 0.25) is 5.02 Å². The van der Waals surface area contributed by atoms with Crippen LogP contribution in [0, 0.1) is 14.9 Å². The van der Waals surface area contributed by atoms with Crippen LogP contribution in [0.3, 0.4) is 0 Å². The average Bonchev–Trinajstić information content (AvgIpc) is 2.82. The first-order chi connectivity index (χ1) is 16.8. The molecule has 0 bridgehead atoms. The lowest BCUT2D eigenvalue weighted by atomic mass is 10.1. The number of carbonyl (C=O) groups excluding carboxylic acids is 1. The number of carboxylic acids is 1. The number of benzene rings is 3. The lowest BCUT2D eigenvalue weighted by molar-refractivity contribution is -0.112. The Balaban J connectivity index is 1.82. The highest BCUT2D eigenvalue weighted by molar-refractivity contribution is 14.1. The van der Waals surface area contributed by atoms with Crippen molar-refractivity contribution in [2.24, 2.45) is 0 Å². The number of carboxylic acid groups (broad SMARTS) is 1. The van der Waals surface area contributed by atoms with Crippen LogP contribution < -0.4 is 14.8 Å². The third-order valence-corrected chi connectivity index (χ3v) is 5.71. The molecule has 0 aliphatic rings. The van der Waals surface area contributed by atoms with Gasteiger partial charge in [-0.1, -0.05) is 29.8 Å². The number of hydrogen-bond acceptors (Lipinski definition) is 5. The maximum absolute atomic E-state index is 12.6. The molecular formula is C26H20ClIN2O5. The molecule has 0 heterocycles. The van der Waals surface area contributed by atoms with Crippen molar-refractivity contribution >= 4 is 57.8 Å². The van der Waals surface area contributed by atoms with Crippen molar-refractivity contribution in [3.05, 3.63) is 91.5 Å². The summed E-state index contributed by atoms with van der Waals surface area (Å²) in [5, 5.41) is 21.7. The Bertz CT molecular complexity index is 1320. The zero-order valence-electron chi connectivity index (χ0n) is 18.5. The van der Waals surface area contributed by atoms with Gasteiger partial charge < -0.3 is 19.9 Å². The topological polar surface area (TPSA) is 109 Å². The molecule has 0 spiro atoms. The number of hydrogen-bond donors (Lipinski definition) is 2. The fourth-order valence-corrected chi connectivity index (χ4v) is 4.02. The summed E-state index contributed by atoms with van der Waals surface area (Å²) in [5.41, 5.74) is 1.97. The molecule has 3 aromatic carbocycles. The fraction of sp³-hybridized carbons (Fsp3) is 0.115. The molecule has 2 N–H and O–H groups in total. The van der Waals surface area contributed by atoms with Gasteiger partial charge in [0.25, 0.3) is 5.91 Å². The first-order valence-electron chi connectivity index (χ1n) is 10.4. The van der Waals surface area contributed by atoms with Gasteiger partial charge in [0.05, 0.1) is 15.7 Å². The molecule has 0 aliphatic heterocycles. The molecule has 1 amide bonds. The summed E-state index contributed by atoms with van der Waals surface area (Å²) < 4.78 is 12.4. The second-order valence-corrected chi connectivity index (χ2v) is 8.79. The van der Waals surface area contributed by atoms with Crippen molar-refractivity contribution in [3.63, 3.8) is 0 Å². The van der Waals surface area contributed by atoms with E-state index >= 15 is 0 Å². The van der Waals surface area contributed by atoms with Crippen LogP contribution in [0.4, 0.5) is 5.69 Å². The van der Waals surface area contributed by atoms with Gasteiger partial charge in [0.1, 0.15) is 18.2 Å². The Morgan fingerprint density at radius 3 is 2.51 bits per heavy atom. The maximum atomic E-state index is 12.6. The average molecular weight is 603 g/mol. The Morgan fingerprint density at radius 2 is 1.89 bits per heavy atom. The Kier molecular flexibility index (Phi) is 9.11. The van der Waals surface area contributed by atoms with Gasteiger partial charge >= 0.3 is 5.97 Å². The summed E-state index contributed by atoms with van der Waals surface area (Å²) in [7, 11) is 0. The van der Waals surface area contributed by atoms with E-state index in [0.29, 0.717) is 34.4 Å². The van der Waals surface area contributed by atoms with Crippen molar-refractivity contribution in [1.82, 2.24) is 0 Å². The molecule has 0 fully saturated rings. The monoisotopic (exact) mass is 602 g/mol. The second kappa shape index (κ2) is 12.2. The minimum Gasteiger partial charge on any atom is -0.490 e. The van der Waals surface area contributed by atoms with Gasteiger partial charge in [-0.15, -0.1) is 0 Å². The van der Waals surface area contributed by atoms with Crippen LogP contribution in [0.25, 0.3) is 6.08 Å². The van der Waals surface area contributed by atoms with Crippen molar-refractivity contribution < 1.29 is 24.2 Å². The molecule has 0 saturated heterocycles. The van der Waals surface area contributed by atoms with Crippen molar-refractivity contribution in [2.45, 2.75) is 13.5 Å². The summed E-state index contributed by atoms with van der Waals surface area (Å²) in [6.07, 6.45) is 1.47. The number of nitrogens with zero attached hydrogens (tertiary/aromatic N) is 1. The lowest BCUT2D eigenvalue weighted by Gasteiger charge is -2.15. The lowest BCUT2D eigenvalue weighted by Crippen LogP contribution is -2.13. The number of anilines is 1. The van der Waals surface area contributed by atoms with E-state index in [2.05, 4.69) is 27.9 Å². The Morgan fingerprint density at radius 1 is 1.14 bits per heavy atom. The summed E-state index contributed by atoms with van der Waals surface area (Å²) in [5.74, 6) is -0.589. The van der Waals surface area contributed by atoms with E-state index in [9.17, 15) is 14.9 Å². The number of nitrogens with one attached hydrogen (secondary N) is 1. The highest BCUT2D eigenvalue weighted by atomic mass is 127. The summed E-state index contributed by atoms with van der Waals surface area (Å²) >= 11 is 8.05. The zero-order chi connectivity index (χ0) is 25.4. The maximum Gasteiger partial charge on any atom is 0.335 e. The predicted octanol–water partition coefficient (Wildman–Crippen LogP) is 6.17. The molecule has 0 unspecified atom stereocenters. The Labute approximate surface area is 221 Å². The molecule has 0 aromatic heterocycles. The van der Waals surface area contributed by atoms with Gasteiger partial charge in [-0.25, -0.2) is 4.79 Å². The SMILES string of the molecule is CCOc1cc(/C=C(\C#N)C(=O)Nc2cccc(Cl)c2)cc(I)c1OCc1ccc(C(=O)O)cc1. The van der Waals surface area contributed by atoms with Gasteiger partial charge in [-0.2, -0.15) is 5.26 Å². The van der Waals surface area contributed by atoms with Crippen LogP contribution >= 0.6 is 34.2 Å². The molecule has 3 rings (SSSR count). The number of halogens is 2. The van der Waals surface area contributed by atoms with Crippen LogP contribution in [-0.2, 0) is 11.4 Å². The summed E-state index contributed by atoms with van der Waals surface area (Å²) in [4.78, 5) is 23.6. The molecule has 178 valence electrons. The number of amides is 1. The molecule has 35 heavy (non-hydrogen) atoms. The summed E-state index contributed by atoms with van der Waals surface area (Å²) in [6, 6.07) is 18.4. The third kappa shape index (κ3) is 7.21. The molecular weight excluding hydrogens is 583 g/mol. The number of rotatable bonds is 9. The largest absolute Gasteiger partial charge is 0.490 e. The molecule has 0 saturated carbocycles. The number of aromatic carboxylic acids is 1. The molecule has 7 nitrogen and oxygen atoms in total. The highest BCUT2D eigenvalue weighted by Crippen LogP contribution is 2.35. The molecule has 3 aromatic rings. The van der Waals surface area contributed by atoms with Gasteiger partial charge in [0.2, 0.25) is 0 Å². The van der Waals surface area contributed by atoms with E-state index in [4.69, 9.17) is 26.2 Å². The number of nitriles is 1. The van der Waals surface area contributed by atoms with Gasteiger partial charge in [-0.3, -0.25) is 4.79 Å². The molecule has 0 radical (unpaired) electrons. The van der Waals surface area contributed by atoms with Crippen LogP contribution in [0.15, 0.2) is 66.2 Å². The fourth-order valence-electron chi connectivity index (χ4n) is 3.05. The van der Waals surface area contributed by atoms with E-state index in [1.807, 2.05) is 13.0 Å². The van der Waals surface area contributed by atoms with E-state index in [-0.39, 0.29) is 17.7 Å². The zero-order valence-corrected chi connectivity index (χ0v) is 21.5. The first kappa shape index (κ1) is 26.1. The second-order valence-electron chi connectivity index (χ2n) is 7.19. The van der Waals surface area contributed by atoms with Crippen LogP contribution in [0.5, 0.6) is 11.5 Å². The molecule has 9 heteroatoms. The summed E-state index contributed by atoms with van der Waals surface area (Å²) in [6.45, 7) is 2.42. The first-order valence-corrected chi connectivity index (χ1v) is 11.9. The van der Waals surface area contributed by atoms with E-state index in [0.717, 1.165) is 9.13 Å². The smallest absolute Gasteiger partial charge is 0.335 e. The van der Waals surface area contributed by atoms with E-state index < -0.39 is 11.9 Å². The highest BCUT2D eigenvalue weighted by Gasteiger charge is 2.15. The van der Waals surface area contributed by atoms with E-state index in [1.165, 1.54) is 18.2 Å². The van der Waals surface area contributed by atoms with Crippen molar-refractivity contribution in [2.75, 3.05) is 11.9 Å². The van der Waals surface area contributed by atoms with Gasteiger partial charge in [-0.05, 0) is 89.2 Å². The van der Waals surface area contributed by atoms with E-state index in [1.54, 1.807) is 48.5 Å². The third-order valence-electron chi connectivity index (χ3n) is 4.67. The minimum atomic E-state index is -0.993. The van der Waals surface area contributed by atoms with Crippen molar-refractivity contribution in [3.8, 4) is 17.6 Å². The minimum absolute atomic E-state index is 0.0876. The van der Waals surface area contributed by atoms with Crippen molar-refractivity contribution in [1.29, 1.82) is 5.26 Å². The Hall–Kier alpha value is -3.55. The number of ether oxygens (including phenoxy) is 2. The van der Waals surface area contributed by atoms with Crippen LogP contribution in [0.1, 0.15) is 28.4 Å². The standard InChI is InChI=1S/C26H20ClIN2O5/c1-2-34-23-12-17(10-19(14-29)25(31)30-21-5-3-4-20(27)13-21)11-22(28)24(23)35-15-16-6-8-18(9-7-16)26(32)33/h3-13H,2,15H2,1H3,(H,30,31)(H,32,33)/b19-10+. The quantitative estimate of drug-likeness (QED) is 0.172. The van der Waals surface area contributed by atoms with Gasteiger partial charge in [0, 0.05) is 10.7 Å². The predicted molar refractivity (Wildman–Crippen MR) is 142 cm³/mol.